The number of rotatable bonds is 4. The first kappa shape index (κ1) is 31.6. The summed E-state index contributed by atoms with van der Waals surface area (Å²) in [6.45, 7) is 0. The number of thioether (sulfide) groups is 2. The molecule has 1 nitrogen and oxygen atoms in total. The quantitative estimate of drug-likeness (QED) is 0.179. The second kappa shape index (κ2) is 12.9. The third kappa shape index (κ3) is 5.08. The van der Waals surface area contributed by atoms with Crippen molar-refractivity contribution in [3.8, 4) is 0 Å². The molecular formula is C50H39NS2. The Morgan fingerprint density at radius 1 is 0.604 bits per heavy atom. The number of hydrogen-bond donors (Lipinski definition) is 0. The SMILES string of the molecule is C1=CCC(n2c3ccccc3c3cccc(C4C=CC5=C(C4)Sc4ccccc4C5C4c5ccccc5SC5C=CC=C(c6ccccc6)C54)c32)C=C1. The topological polar surface area (TPSA) is 4.93 Å². The molecule has 0 N–H and O–H groups in total. The van der Waals surface area contributed by atoms with Gasteiger partial charge >= 0.3 is 0 Å². The van der Waals surface area contributed by atoms with Gasteiger partial charge in [0.2, 0.25) is 0 Å². The van der Waals surface area contributed by atoms with E-state index in [0.717, 1.165) is 12.8 Å². The van der Waals surface area contributed by atoms with Crippen LogP contribution in [-0.4, -0.2) is 9.82 Å². The van der Waals surface area contributed by atoms with Crippen molar-refractivity contribution in [2.45, 2.75) is 51.7 Å². The fraction of sp³-hybridized carbons (Fsp3) is 0.160. The van der Waals surface area contributed by atoms with Crippen molar-refractivity contribution in [1.29, 1.82) is 0 Å². The number of hydrogen-bond acceptors (Lipinski definition) is 2. The highest BCUT2D eigenvalue weighted by Crippen LogP contribution is 2.62. The van der Waals surface area contributed by atoms with Crippen LogP contribution >= 0.6 is 23.5 Å². The van der Waals surface area contributed by atoms with Gasteiger partial charge in [-0.3, -0.25) is 0 Å². The molecule has 53 heavy (non-hydrogen) atoms. The van der Waals surface area contributed by atoms with E-state index >= 15 is 0 Å². The van der Waals surface area contributed by atoms with Crippen molar-refractivity contribution in [2.24, 2.45) is 5.92 Å². The lowest BCUT2D eigenvalue weighted by Crippen LogP contribution is -2.35. The van der Waals surface area contributed by atoms with Crippen LogP contribution < -0.4 is 0 Å². The molecule has 0 spiro atoms. The molecule has 0 saturated carbocycles. The monoisotopic (exact) mass is 717 g/mol. The van der Waals surface area contributed by atoms with Gasteiger partial charge in [-0.2, -0.15) is 0 Å². The van der Waals surface area contributed by atoms with Crippen LogP contribution in [0.4, 0.5) is 0 Å². The molecule has 0 bridgehead atoms. The molecule has 0 amide bonds. The summed E-state index contributed by atoms with van der Waals surface area (Å²) >= 11 is 4.08. The summed E-state index contributed by atoms with van der Waals surface area (Å²) in [6, 6.07) is 46.1. The van der Waals surface area contributed by atoms with E-state index in [-0.39, 0.29) is 5.92 Å². The molecule has 2 aliphatic heterocycles. The lowest BCUT2D eigenvalue weighted by molar-refractivity contribution is 0.459. The molecule has 0 saturated heterocycles. The largest absolute Gasteiger partial charge is 0.333 e. The maximum Gasteiger partial charge on any atom is 0.0560 e. The van der Waals surface area contributed by atoms with Crippen LogP contribution in [0.5, 0.6) is 0 Å². The standard InChI is InChI=1S/C50H39NS2/c1-3-15-32(16-4-1)35-22-14-28-45-48(35)49(40-21-9-12-27-44(40)52-45)47-39-20-8-11-26-43(39)53-46-31-33(29-30-41(46)47)36-23-13-24-38-37-19-7-10-25-42(37)51(50(36)38)34-17-5-2-6-18-34/h1-17,19-30,33-34,45,47-49H,18,31H2. The van der Waals surface area contributed by atoms with E-state index in [4.69, 9.17) is 0 Å². The highest BCUT2D eigenvalue weighted by atomic mass is 32.2. The summed E-state index contributed by atoms with van der Waals surface area (Å²) in [4.78, 5) is 4.38. The minimum atomic E-state index is 0.259. The van der Waals surface area contributed by atoms with Gasteiger partial charge in [0.15, 0.2) is 0 Å². The van der Waals surface area contributed by atoms with Crippen LogP contribution in [-0.2, 0) is 0 Å². The van der Waals surface area contributed by atoms with Crippen molar-refractivity contribution in [1.82, 2.24) is 4.57 Å². The first-order valence-corrected chi connectivity index (χ1v) is 20.7. The van der Waals surface area contributed by atoms with Gasteiger partial charge in [-0.25, -0.2) is 0 Å². The van der Waals surface area contributed by atoms with Gasteiger partial charge in [0.1, 0.15) is 0 Å². The van der Waals surface area contributed by atoms with Gasteiger partial charge in [0.05, 0.1) is 11.6 Å². The zero-order chi connectivity index (χ0) is 34.9. The summed E-state index contributed by atoms with van der Waals surface area (Å²) in [6.07, 6.45) is 23.4. The average Bonchev–Trinajstić information content (AvgIpc) is 3.57. The maximum absolute atomic E-state index is 2.63. The highest BCUT2D eigenvalue weighted by Gasteiger charge is 2.47. The van der Waals surface area contributed by atoms with Gasteiger partial charge in [0, 0.05) is 55.0 Å². The minimum absolute atomic E-state index is 0.259. The molecule has 1 aromatic heterocycles. The van der Waals surface area contributed by atoms with Crippen LogP contribution in [0.2, 0.25) is 0 Å². The van der Waals surface area contributed by atoms with Crippen LogP contribution in [0.15, 0.2) is 196 Å². The third-order valence-electron chi connectivity index (χ3n) is 12.2. The zero-order valence-electron chi connectivity index (χ0n) is 29.4. The van der Waals surface area contributed by atoms with Crippen molar-refractivity contribution in [2.75, 3.05) is 0 Å². The van der Waals surface area contributed by atoms with Crippen molar-refractivity contribution < 1.29 is 0 Å². The molecule has 6 unspecified atom stereocenters. The molecule has 3 heterocycles. The second-order valence-corrected chi connectivity index (χ2v) is 17.3. The fourth-order valence-electron chi connectivity index (χ4n) is 9.99. The number of aromatic nitrogens is 1. The third-order valence-corrected chi connectivity index (χ3v) is 14.8. The Kier molecular flexibility index (Phi) is 7.66. The van der Waals surface area contributed by atoms with E-state index in [1.807, 2.05) is 11.8 Å². The Bertz CT molecular complexity index is 2610. The number of para-hydroxylation sites is 2. The average molecular weight is 718 g/mol. The molecule has 256 valence electrons. The first-order valence-electron chi connectivity index (χ1n) is 19.0. The summed E-state index contributed by atoms with van der Waals surface area (Å²) in [7, 11) is 0. The molecule has 0 fully saturated rings. The first-order chi connectivity index (χ1) is 26.3. The van der Waals surface area contributed by atoms with Crippen LogP contribution in [0.3, 0.4) is 0 Å². The predicted octanol–water partition coefficient (Wildman–Crippen LogP) is 13.6. The summed E-state index contributed by atoms with van der Waals surface area (Å²) in [5.41, 5.74) is 11.5. The Morgan fingerprint density at radius 3 is 2.26 bits per heavy atom. The van der Waals surface area contributed by atoms with E-state index in [1.54, 1.807) is 0 Å². The zero-order valence-corrected chi connectivity index (χ0v) is 31.0. The molecular weight excluding hydrogens is 679 g/mol. The Morgan fingerprint density at radius 2 is 1.38 bits per heavy atom. The smallest absolute Gasteiger partial charge is 0.0560 e. The molecule has 5 aliphatic rings. The van der Waals surface area contributed by atoms with Crippen LogP contribution in [0.25, 0.3) is 27.4 Å². The Hall–Kier alpha value is -4.96. The number of allylic oxidation sites excluding steroid dienone is 11. The molecule has 5 aromatic carbocycles. The van der Waals surface area contributed by atoms with Gasteiger partial charge in [-0.05, 0) is 69.3 Å². The van der Waals surface area contributed by atoms with E-state index in [9.17, 15) is 0 Å². The lowest BCUT2D eigenvalue weighted by atomic mass is 9.64. The van der Waals surface area contributed by atoms with Crippen molar-refractivity contribution in [3.05, 3.63) is 209 Å². The van der Waals surface area contributed by atoms with Gasteiger partial charge in [-0.1, -0.05) is 170 Å². The van der Waals surface area contributed by atoms with Crippen molar-refractivity contribution >= 4 is 50.9 Å². The summed E-state index contributed by atoms with van der Waals surface area (Å²) in [5, 5.41) is 3.09. The number of fused-ring (bicyclic) bond motifs is 6. The molecule has 3 aliphatic carbocycles. The van der Waals surface area contributed by atoms with Gasteiger partial charge < -0.3 is 4.57 Å². The van der Waals surface area contributed by atoms with Gasteiger partial charge in [0.25, 0.3) is 0 Å². The molecule has 6 aromatic rings. The number of nitrogens with zero attached hydrogens (tertiary/aromatic N) is 1. The van der Waals surface area contributed by atoms with Crippen LogP contribution in [0.1, 0.15) is 58.9 Å². The van der Waals surface area contributed by atoms with E-state index in [2.05, 4.69) is 192 Å². The molecule has 11 rings (SSSR count). The molecule has 6 atom stereocenters. The Labute approximate surface area is 320 Å². The normalized spacial score (nSPS) is 25.5. The van der Waals surface area contributed by atoms with Crippen molar-refractivity contribution in [3.63, 3.8) is 0 Å². The van der Waals surface area contributed by atoms with Crippen LogP contribution in [0, 0.1) is 5.92 Å². The fourth-order valence-corrected chi connectivity index (χ4v) is 12.7. The summed E-state index contributed by atoms with van der Waals surface area (Å²) < 4.78 is 2.63. The summed E-state index contributed by atoms with van der Waals surface area (Å²) in [5.74, 6) is 1.21. The predicted molar refractivity (Wildman–Crippen MR) is 226 cm³/mol. The lowest BCUT2D eigenvalue weighted by Gasteiger charge is -2.47. The Balaban J connectivity index is 1.07. The van der Waals surface area contributed by atoms with E-state index in [1.165, 1.54) is 69.9 Å². The maximum atomic E-state index is 2.63. The molecule has 3 heteroatoms. The minimum Gasteiger partial charge on any atom is -0.333 e. The highest BCUT2D eigenvalue weighted by molar-refractivity contribution is 8.03. The van der Waals surface area contributed by atoms with E-state index in [0.29, 0.717) is 29.0 Å². The van der Waals surface area contributed by atoms with Gasteiger partial charge in [-0.15, -0.1) is 11.8 Å². The van der Waals surface area contributed by atoms with E-state index < -0.39 is 0 Å². The molecule has 0 radical (unpaired) electrons. The second-order valence-electron chi connectivity index (χ2n) is 15.0. The number of benzene rings is 5.